The molecular weight excluding hydrogens is 986 g/mol. The predicted octanol–water partition coefficient (Wildman–Crippen LogP) is 10.1. The largest absolute Gasteiger partial charge is 0.384 e. The molecule has 6 aromatic heterocycles. The van der Waals surface area contributed by atoms with Crippen LogP contribution in [0, 0.1) is 13.8 Å². The van der Waals surface area contributed by atoms with Crippen molar-refractivity contribution in [2.24, 2.45) is 0 Å². The summed E-state index contributed by atoms with van der Waals surface area (Å²) in [6.07, 6.45) is 19.6. The number of rotatable bonds is 6. The van der Waals surface area contributed by atoms with Crippen molar-refractivity contribution in [2.75, 3.05) is 36.5 Å². The number of imidazole rings is 2. The van der Waals surface area contributed by atoms with E-state index in [1.165, 1.54) is 17.8 Å². The molecule has 354 valence electrons. The van der Waals surface area contributed by atoms with Crippen LogP contribution in [0.3, 0.4) is 0 Å². The van der Waals surface area contributed by atoms with Crippen molar-refractivity contribution in [2.45, 2.75) is 140 Å². The first-order valence-corrected chi connectivity index (χ1v) is 25.2. The summed E-state index contributed by atoms with van der Waals surface area (Å²) in [7, 11) is 0. The zero-order valence-corrected chi connectivity index (χ0v) is 41.2. The SMILES string of the molecule is Cc1cnc2nc(C3(c4ccc5c(n4)CCCN5)CCC3)[nH]c2c1.Cc1cnc2nc(C3(c4ccc5c(n4)CCCN5C(=O)C4CCCCO4)CCC3)[nH]c2c1.FI.O=C(Cl)C1CCCCO1. The molecule has 10 heterocycles. The van der Waals surface area contributed by atoms with E-state index in [1.807, 2.05) is 24.2 Å². The van der Waals surface area contributed by atoms with E-state index >= 15 is 0 Å². The number of hydrogen-bond acceptors (Lipinski definition) is 11. The summed E-state index contributed by atoms with van der Waals surface area (Å²) in [5.74, 6) is 2.08. The lowest BCUT2D eigenvalue weighted by atomic mass is 9.65. The van der Waals surface area contributed by atoms with E-state index < -0.39 is 0 Å². The highest BCUT2D eigenvalue weighted by Gasteiger charge is 2.46. The molecule has 6 aromatic rings. The number of anilines is 2. The van der Waals surface area contributed by atoms with Crippen LogP contribution in [0.2, 0.25) is 0 Å². The number of aromatic nitrogens is 8. The Hall–Kier alpha value is -4.65. The van der Waals surface area contributed by atoms with Crippen molar-refractivity contribution in [1.82, 2.24) is 39.9 Å². The number of aromatic amines is 2. The summed E-state index contributed by atoms with van der Waals surface area (Å²) < 4.78 is 20.3. The molecule has 12 rings (SSSR count). The summed E-state index contributed by atoms with van der Waals surface area (Å²) in [6.45, 7) is 7.26. The molecular formula is C50H59ClFIN10O4. The molecule has 2 saturated heterocycles. The van der Waals surface area contributed by atoms with Crippen LogP contribution in [0.5, 0.6) is 0 Å². The molecule has 2 unspecified atom stereocenters. The Labute approximate surface area is 409 Å². The van der Waals surface area contributed by atoms with Gasteiger partial charge in [-0.1, -0.05) is 12.8 Å². The molecule has 0 bridgehead atoms. The van der Waals surface area contributed by atoms with E-state index in [1.54, 1.807) is 0 Å². The summed E-state index contributed by atoms with van der Waals surface area (Å²) in [5.41, 5.74) is 12.2. The average Bonchev–Trinajstić information content (AvgIpc) is 3.96. The number of hydrogen-bond donors (Lipinski definition) is 3. The van der Waals surface area contributed by atoms with Gasteiger partial charge in [-0.25, -0.2) is 19.9 Å². The molecule has 17 heteroatoms. The van der Waals surface area contributed by atoms with Crippen molar-refractivity contribution in [3.8, 4) is 0 Å². The number of carbonyl (C=O) groups is 2. The van der Waals surface area contributed by atoms with Crippen LogP contribution in [0.25, 0.3) is 22.3 Å². The first-order chi connectivity index (χ1) is 32.7. The zero-order chi connectivity index (χ0) is 46.5. The molecule has 0 aromatic carbocycles. The fourth-order valence-corrected chi connectivity index (χ4v) is 10.5. The Balaban J connectivity index is 0.000000141. The number of amides is 1. The van der Waals surface area contributed by atoms with Crippen molar-refractivity contribution < 1.29 is 21.9 Å². The van der Waals surface area contributed by atoms with Gasteiger partial charge in [0.25, 0.3) is 5.91 Å². The second kappa shape index (κ2) is 20.9. The van der Waals surface area contributed by atoms with Gasteiger partial charge < -0.3 is 29.7 Å². The van der Waals surface area contributed by atoms with Gasteiger partial charge in [0.1, 0.15) is 23.9 Å². The van der Waals surface area contributed by atoms with Gasteiger partial charge in [0, 0.05) is 38.7 Å². The Morgan fingerprint density at radius 2 is 1.25 bits per heavy atom. The number of carbonyl (C=O) groups excluding carboxylic acids is 2. The molecule has 4 aliphatic heterocycles. The molecule has 4 fully saturated rings. The van der Waals surface area contributed by atoms with Crippen molar-refractivity contribution in [3.05, 3.63) is 94.3 Å². The Morgan fingerprint density at radius 1 is 0.701 bits per heavy atom. The van der Waals surface area contributed by atoms with E-state index in [0.29, 0.717) is 36.4 Å². The standard InChI is InChI=1S/C25H29N5O2.C19H21N5.C6H9ClO2.FI/c1-16-14-18-22(26-15-16)29-24(28-18)25(10-5-11-25)21-9-8-19-17(27-21)6-4-12-30(19)23(31)20-7-2-3-13-32-20;1-12-10-15-17(21-11-12)24-18(23-15)19(7-3-8-19)16-6-5-13-14(22-16)4-2-9-20-13;7-6(8)5-3-1-2-4-9-5;1-2/h8-9,14-15,20H,2-7,10-13H2,1H3,(H,26,28,29);5-6,10-11,20H,2-4,7-9H2,1H3,(H,21,23,24);5H,1-4H2;. The predicted molar refractivity (Wildman–Crippen MR) is 266 cm³/mol. The fourth-order valence-electron chi connectivity index (χ4n) is 10.3. The van der Waals surface area contributed by atoms with Crippen LogP contribution in [0.15, 0.2) is 48.8 Å². The lowest BCUT2D eigenvalue weighted by molar-refractivity contribution is -0.132. The summed E-state index contributed by atoms with van der Waals surface area (Å²) in [6, 6.07) is 12.8. The molecule has 67 heavy (non-hydrogen) atoms. The van der Waals surface area contributed by atoms with Gasteiger partial charge in [0.2, 0.25) is 5.24 Å². The maximum Gasteiger partial charge on any atom is 0.256 e. The van der Waals surface area contributed by atoms with Crippen molar-refractivity contribution in [3.63, 3.8) is 0 Å². The quantitative estimate of drug-likeness (QED) is 0.107. The number of H-pyrrole nitrogens is 2. The molecule has 3 N–H and O–H groups in total. The van der Waals surface area contributed by atoms with E-state index in [9.17, 15) is 12.4 Å². The van der Waals surface area contributed by atoms with Crippen LogP contribution in [0.1, 0.15) is 135 Å². The van der Waals surface area contributed by atoms with Crippen LogP contribution in [-0.2, 0) is 42.7 Å². The fraction of sp³-hybridized carbons (Fsp3) is 0.520. The molecule has 0 spiro atoms. The van der Waals surface area contributed by atoms with Gasteiger partial charge in [-0.05, 0) is 163 Å². The number of nitrogens with one attached hydrogen (secondary N) is 3. The highest BCUT2D eigenvalue weighted by molar-refractivity contribution is 14.1. The Kier molecular flexibility index (Phi) is 14.8. The van der Waals surface area contributed by atoms with Crippen molar-refractivity contribution in [1.29, 1.82) is 0 Å². The monoisotopic (exact) mass is 1040 g/mol. The minimum atomic E-state index is -0.352. The Morgan fingerprint density at radius 3 is 1.78 bits per heavy atom. The van der Waals surface area contributed by atoms with Crippen LogP contribution >= 0.6 is 34.8 Å². The third-order valence-electron chi connectivity index (χ3n) is 14.3. The van der Waals surface area contributed by atoms with Gasteiger partial charge >= 0.3 is 0 Å². The highest BCUT2D eigenvalue weighted by Crippen LogP contribution is 2.49. The van der Waals surface area contributed by atoms with Gasteiger partial charge in [0.15, 0.2) is 34.5 Å². The molecule has 2 aliphatic carbocycles. The number of fused-ring (bicyclic) bond motifs is 4. The molecule has 6 aliphatic rings. The van der Waals surface area contributed by atoms with E-state index in [2.05, 4.69) is 68.6 Å². The first-order valence-electron chi connectivity index (χ1n) is 24.0. The molecule has 1 amide bonds. The average molecular weight is 1050 g/mol. The van der Waals surface area contributed by atoms with Gasteiger partial charge in [0.05, 0.1) is 56.0 Å². The third-order valence-corrected chi connectivity index (χ3v) is 14.6. The number of pyridine rings is 4. The third kappa shape index (κ3) is 9.82. The second-order valence-electron chi connectivity index (χ2n) is 18.8. The Bertz CT molecular complexity index is 2710. The van der Waals surface area contributed by atoms with Crippen LogP contribution in [-0.4, -0.2) is 89.5 Å². The topological polar surface area (TPSA) is 177 Å². The normalized spacial score (nSPS) is 21.2. The van der Waals surface area contributed by atoms with Gasteiger partial charge in [-0.3, -0.25) is 19.6 Å². The summed E-state index contributed by atoms with van der Waals surface area (Å²) in [4.78, 5) is 61.4. The number of aryl methyl sites for hydroxylation is 4. The zero-order valence-electron chi connectivity index (χ0n) is 38.3. The van der Waals surface area contributed by atoms with E-state index in [0.717, 1.165) is 177 Å². The number of ether oxygens (including phenoxy) is 2. The molecule has 0 radical (unpaired) electrons. The minimum absolute atomic E-state index is 0.0684. The second-order valence-corrected chi connectivity index (χ2v) is 19.2. The van der Waals surface area contributed by atoms with E-state index in [4.69, 9.17) is 41.0 Å². The smallest absolute Gasteiger partial charge is 0.256 e. The number of halogens is 3. The first kappa shape index (κ1) is 47.4. The van der Waals surface area contributed by atoms with E-state index in [-0.39, 0.29) is 34.2 Å². The summed E-state index contributed by atoms with van der Waals surface area (Å²) in [5, 5.41) is 3.10. The van der Waals surface area contributed by atoms with Crippen molar-refractivity contribution >= 4 is 79.6 Å². The lowest BCUT2D eigenvalue weighted by Crippen LogP contribution is -2.45. The number of nitrogens with zero attached hydrogens (tertiary/aromatic N) is 7. The van der Waals surface area contributed by atoms with Gasteiger partial charge in [-0.2, -0.15) is 2.86 Å². The molecule has 2 saturated carbocycles. The van der Waals surface area contributed by atoms with Gasteiger partial charge in [-0.15, -0.1) is 0 Å². The van der Waals surface area contributed by atoms with Crippen LogP contribution in [0.4, 0.5) is 14.2 Å². The molecule has 2 atom stereocenters. The highest BCUT2D eigenvalue weighted by atomic mass is 127. The maximum atomic E-state index is 13.2. The van der Waals surface area contributed by atoms with Crippen LogP contribution < -0.4 is 10.2 Å². The maximum absolute atomic E-state index is 13.2. The summed E-state index contributed by atoms with van der Waals surface area (Å²) >= 11 is 5.84. The lowest BCUT2D eigenvalue weighted by Gasteiger charge is -2.40. The minimum Gasteiger partial charge on any atom is -0.384 e. The molecule has 14 nitrogen and oxygen atoms in total.